The Morgan fingerprint density at radius 1 is 1.40 bits per heavy atom. The largest absolute Gasteiger partial charge is 0.464 e. The second kappa shape index (κ2) is 6.90. The lowest BCUT2D eigenvalue weighted by Crippen LogP contribution is -2.53. The van der Waals surface area contributed by atoms with E-state index in [-0.39, 0.29) is 26.4 Å². The summed E-state index contributed by atoms with van der Waals surface area (Å²) in [5, 5.41) is 9.99. The van der Waals surface area contributed by atoms with Crippen LogP contribution in [0, 0.1) is 0 Å². The second-order valence-corrected chi connectivity index (χ2v) is 5.51. The van der Waals surface area contributed by atoms with Crippen molar-refractivity contribution in [2.45, 2.75) is 45.4 Å². The topological polar surface area (TPSA) is 85.3 Å². The van der Waals surface area contributed by atoms with Gasteiger partial charge in [0.15, 0.2) is 6.04 Å². The third-order valence-electron chi connectivity index (χ3n) is 2.62. The second-order valence-electron chi connectivity index (χ2n) is 5.51. The lowest BCUT2D eigenvalue weighted by Gasteiger charge is -2.32. The molecule has 116 valence electrons. The van der Waals surface area contributed by atoms with Gasteiger partial charge in [-0.1, -0.05) is 0 Å². The van der Waals surface area contributed by atoms with Gasteiger partial charge in [-0.3, -0.25) is 4.90 Å². The van der Waals surface area contributed by atoms with Crippen molar-refractivity contribution in [1.82, 2.24) is 4.90 Å². The number of aliphatic hydroxyl groups excluding tert-OH is 1. The Balaban J connectivity index is 2.91. The van der Waals surface area contributed by atoms with E-state index in [1.165, 1.54) is 4.90 Å². The number of ether oxygens (including phenoxy) is 3. The third kappa shape index (κ3) is 4.64. The third-order valence-corrected chi connectivity index (χ3v) is 2.62. The Kier molecular flexibility index (Phi) is 5.76. The zero-order chi connectivity index (χ0) is 15.3. The normalized spacial score (nSPS) is 23.9. The van der Waals surface area contributed by atoms with Gasteiger partial charge >= 0.3 is 12.1 Å². The highest BCUT2D eigenvalue weighted by atomic mass is 16.6. The van der Waals surface area contributed by atoms with Crippen LogP contribution in [0.15, 0.2) is 0 Å². The first-order valence-electron chi connectivity index (χ1n) is 6.68. The molecule has 1 saturated heterocycles. The summed E-state index contributed by atoms with van der Waals surface area (Å²) in [7, 11) is 0. The highest BCUT2D eigenvalue weighted by Crippen LogP contribution is 2.17. The number of hydrogen-bond donors (Lipinski definition) is 1. The van der Waals surface area contributed by atoms with Crippen LogP contribution < -0.4 is 0 Å². The molecule has 2 unspecified atom stereocenters. The van der Waals surface area contributed by atoms with E-state index in [9.17, 15) is 14.7 Å². The van der Waals surface area contributed by atoms with E-state index >= 15 is 0 Å². The van der Waals surface area contributed by atoms with Gasteiger partial charge in [-0.15, -0.1) is 0 Å². The maximum atomic E-state index is 12.2. The predicted octanol–water partition coefficient (Wildman–Crippen LogP) is 0.546. The summed E-state index contributed by atoms with van der Waals surface area (Å²) in [6.07, 6.45) is -1.80. The van der Waals surface area contributed by atoms with Gasteiger partial charge in [-0.2, -0.15) is 0 Å². The molecule has 1 fully saturated rings. The molecule has 1 N–H and O–H groups in total. The van der Waals surface area contributed by atoms with Crippen LogP contribution in [-0.2, 0) is 19.0 Å². The van der Waals surface area contributed by atoms with Crippen LogP contribution in [0.5, 0.6) is 0 Å². The van der Waals surface area contributed by atoms with Crippen molar-refractivity contribution in [3.8, 4) is 0 Å². The number of rotatable bonds is 2. The number of nitrogens with zero attached hydrogens (tertiary/aromatic N) is 1. The lowest BCUT2D eigenvalue weighted by atomic mass is 10.1. The molecule has 1 aliphatic rings. The fourth-order valence-corrected chi connectivity index (χ4v) is 1.84. The highest BCUT2D eigenvalue weighted by molar-refractivity contribution is 5.82. The molecule has 1 heterocycles. The number of carbonyl (C=O) groups is 2. The van der Waals surface area contributed by atoms with Crippen molar-refractivity contribution in [2.75, 3.05) is 26.4 Å². The highest BCUT2D eigenvalue weighted by Gasteiger charge is 2.40. The van der Waals surface area contributed by atoms with Gasteiger partial charge in [0.1, 0.15) is 11.7 Å². The van der Waals surface area contributed by atoms with Crippen molar-refractivity contribution < 1.29 is 28.9 Å². The Morgan fingerprint density at radius 2 is 2.05 bits per heavy atom. The molecule has 1 aliphatic heterocycles. The first-order chi connectivity index (χ1) is 9.26. The molecule has 1 rings (SSSR count). The molecule has 2 atom stereocenters. The number of amides is 1. The van der Waals surface area contributed by atoms with Crippen LogP contribution in [0.25, 0.3) is 0 Å². The van der Waals surface area contributed by atoms with Crippen LogP contribution in [0.3, 0.4) is 0 Å². The van der Waals surface area contributed by atoms with E-state index in [0.717, 1.165) is 0 Å². The van der Waals surface area contributed by atoms with E-state index in [1.807, 2.05) is 0 Å². The number of hydrogen-bond acceptors (Lipinski definition) is 6. The monoisotopic (exact) mass is 289 g/mol. The molecule has 7 nitrogen and oxygen atoms in total. The minimum Gasteiger partial charge on any atom is -0.464 e. The Labute approximate surface area is 118 Å². The Morgan fingerprint density at radius 3 is 2.60 bits per heavy atom. The zero-order valence-corrected chi connectivity index (χ0v) is 12.4. The smallest absolute Gasteiger partial charge is 0.411 e. The molecule has 1 amide bonds. The van der Waals surface area contributed by atoms with Gasteiger partial charge in [-0.25, -0.2) is 9.59 Å². The van der Waals surface area contributed by atoms with Crippen LogP contribution in [0.1, 0.15) is 27.7 Å². The molecule has 0 aromatic heterocycles. The molecular formula is C13H23NO6. The molecule has 0 aliphatic carbocycles. The SMILES string of the molecule is CCOC(=O)C1C(O)COCCN1C(=O)OC(C)(C)C. The van der Waals surface area contributed by atoms with Crippen LogP contribution >= 0.6 is 0 Å². The number of carbonyl (C=O) groups excluding carboxylic acids is 2. The first kappa shape index (κ1) is 16.7. The first-order valence-corrected chi connectivity index (χ1v) is 6.68. The van der Waals surface area contributed by atoms with Gasteiger partial charge in [-0.05, 0) is 27.7 Å². The molecule has 0 bridgehead atoms. The van der Waals surface area contributed by atoms with Crippen molar-refractivity contribution in [3.05, 3.63) is 0 Å². The summed E-state index contributed by atoms with van der Waals surface area (Å²) in [5.74, 6) is -0.656. The molecule has 0 saturated carbocycles. The van der Waals surface area contributed by atoms with Gasteiger partial charge in [0.05, 0.1) is 19.8 Å². The molecule has 0 spiro atoms. The Bertz CT molecular complexity index is 351. The Hall–Kier alpha value is -1.34. The quantitative estimate of drug-likeness (QED) is 0.747. The van der Waals surface area contributed by atoms with Crippen LogP contribution in [0.2, 0.25) is 0 Å². The van der Waals surface area contributed by atoms with Crippen molar-refractivity contribution in [3.63, 3.8) is 0 Å². The van der Waals surface area contributed by atoms with E-state index in [4.69, 9.17) is 14.2 Å². The summed E-state index contributed by atoms with van der Waals surface area (Å²) < 4.78 is 15.3. The fraction of sp³-hybridized carbons (Fsp3) is 0.846. The van der Waals surface area contributed by atoms with Gasteiger partial charge in [0, 0.05) is 6.54 Å². The van der Waals surface area contributed by atoms with E-state index < -0.39 is 29.8 Å². The predicted molar refractivity (Wildman–Crippen MR) is 70.2 cm³/mol. The van der Waals surface area contributed by atoms with Crippen LogP contribution in [0.4, 0.5) is 4.79 Å². The summed E-state index contributed by atoms with van der Waals surface area (Å²) in [5.41, 5.74) is -0.686. The molecule has 7 heteroatoms. The lowest BCUT2D eigenvalue weighted by molar-refractivity contribution is -0.153. The zero-order valence-electron chi connectivity index (χ0n) is 12.4. The standard InChI is InChI=1S/C13H23NO6/c1-5-19-11(16)10-9(15)8-18-7-6-14(10)12(17)20-13(2,3)4/h9-10,15H,5-8H2,1-4H3. The summed E-state index contributed by atoms with van der Waals surface area (Å²) in [4.78, 5) is 25.3. The maximum absolute atomic E-state index is 12.2. The average Bonchev–Trinajstić information content (AvgIpc) is 2.49. The van der Waals surface area contributed by atoms with Gasteiger partial charge < -0.3 is 19.3 Å². The molecule has 0 aromatic carbocycles. The van der Waals surface area contributed by atoms with Crippen molar-refractivity contribution in [2.24, 2.45) is 0 Å². The van der Waals surface area contributed by atoms with E-state index in [2.05, 4.69) is 0 Å². The summed E-state index contributed by atoms with van der Waals surface area (Å²) >= 11 is 0. The summed E-state index contributed by atoms with van der Waals surface area (Å²) in [6.45, 7) is 7.39. The molecule has 0 aromatic rings. The van der Waals surface area contributed by atoms with E-state index in [1.54, 1.807) is 27.7 Å². The molecular weight excluding hydrogens is 266 g/mol. The minimum atomic E-state index is -1.14. The molecule has 20 heavy (non-hydrogen) atoms. The number of esters is 1. The number of aliphatic hydroxyl groups is 1. The van der Waals surface area contributed by atoms with Gasteiger partial charge in [0.25, 0.3) is 0 Å². The average molecular weight is 289 g/mol. The minimum absolute atomic E-state index is 0.0250. The van der Waals surface area contributed by atoms with Crippen molar-refractivity contribution in [1.29, 1.82) is 0 Å². The van der Waals surface area contributed by atoms with Crippen molar-refractivity contribution >= 4 is 12.1 Å². The van der Waals surface area contributed by atoms with Crippen LogP contribution in [-0.4, -0.2) is 66.2 Å². The summed E-state index contributed by atoms with van der Waals surface area (Å²) in [6, 6.07) is -1.10. The fourth-order valence-electron chi connectivity index (χ4n) is 1.84. The molecule has 0 radical (unpaired) electrons. The van der Waals surface area contributed by atoms with E-state index in [0.29, 0.717) is 0 Å². The maximum Gasteiger partial charge on any atom is 0.411 e. The van der Waals surface area contributed by atoms with Gasteiger partial charge in [0.2, 0.25) is 0 Å².